The predicted molar refractivity (Wildman–Crippen MR) is 63.9 cm³/mol. The first-order valence-corrected chi connectivity index (χ1v) is 6.00. The number of alkyl halides is 1. The van der Waals surface area contributed by atoms with Crippen LogP contribution < -0.4 is 0 Å². The molecule has 0 aromatic carbocycles. The van der Waals surface area contributed by atoms with Gasteiger partial charge in [-0.15, -0.1) is 11.6 Å². The monoisotopic (exact) mass is 399 g/mol. The summed E-state index contributed by atoms with van der Waals surface area (Å²) >= 11 is 11.2. The zero-order chi connectivity index (χ0) is 7.98. The van der Waals surface area contributed by atoms with Crippen LogP contribution in [0.5, 0.6) is 0 Å². The van der Waals surface area contributed by atoms with Crippen LogP contribution in [-0.4, -0.2) is 11.6 Å². The Morgan fingerprint density at radius 1 is 1.50 bits per heavy atom. The van der Waals surface area contributed by atoms with E-state index in [1.165, 1.54) is 15.3 Å². The maximum Gasteiger partial charge on any atom is 0.133 e. The number of nitriles is 1. The van der Waals surface area contributed by atoms with Crippen molar-refractivity contribution in [3.63, 3.8) is 0 Å². The molecule has 0 fully saturated rings. The number of thiocyanates is 1. The summed E-state index contributed by atoms with van der Waals surface area (Å²) in [5.41, 5.74) is 0. The van der Waals surface area contributed by atoms with Gasteiger partial charge in [-0.25, -0.2) is 0 Å². The molecule has 0 aliphatic carbocycles. The maximum atomic E-state index is 8.22. The minimum absolute atomic E-state index is 0.546. The molecule has 5 heteroatoms. The summed E-state index contributed by atoms with van der Waals surface area (Å²) in [6.45, 7) is 0. The summed E-state index contributed by atoms with van der Waals surface area (Å²) in [4.78, 5) is 0. The number of rotatable bonds is 3. The number of allylic oxidation sites excluding steroid dienone is 1. The Morgan fingerprint density at radius 2 is 2.10 bits per heavy atom. The molecule has 0 radical (unpaired) electrons. The highest BCUT2D eigenvalue weighted by molar-refractivity contribution is 14.1. The lowest BCUT2D eigenvalue weighted by atomic mass is 10.6. The van der Waals surface area contributed by atoms with Crippen molar-refractivity contribution in [2.45, 2.75) is 0 Å². The summed E-state index contributed by atoms with van der Waals surface area (Å²) < 4.78 is 2.29. The Balaban J connectivity index is 3.82. The van der Waals surface area contributed by atoms with Crippen molar-refractivity contribution in [1.29, 1.82) is 5.26 Å². The zero-order valence-electron chi connectivity index (χ0n) is 4.90. The van der Waals surface area contributed by atoms with Gasteiger partial charge in [0.2, 0.25) is 0 Å². The van der Waals surface area contributed by atoms with Gasteiger partial charge in [0.1, 0.15) is 5.40 Å². The fraction of sp³-hybridized carbons (Fsp3) is 0.400. The lowest BCUT2D eigenvalue weighted by Crippen LogP contribution is -1.81. The standard InChI is InChI=1S/C5H4ClI2NS/c6-1-4(7)5(8)2-10-3-9/h1-2H2. The fourth-order valence-electron chi connectivity index (χ4n) is 0.246. The fourth-order valence-corrected chi connectivity index (χ4v) is 2.11. The third-order valence-corrected chi connectivity index (χ3v) is 5.57. The Bertz CT molecular complexity index is 175. The number of nitrogens with zero attached hydrogens (tertiary/aromatic N) is 1. The van der Waals surface area contributed by atoms with Gasteiger partial charge in [-0.1, -0.05) is 0 Å². The molecule has 0 bridgehead atoms. The van der Waals surface area contributed by atoms with E-state index in [1.54, 1.807) is 0 Å². The first-order chi connectivity index (χ1) is 4.72. The number of thioether (sulfide) groups is 1. The summed E-state index contributed by atoms with van der Waals surface area (Å²) in [5.74, 6) is 1.30. The summed E-state index contributed by atoms with van der Waals surface area (Å²) in [6, 6.07) is 0. The topological polar surface area (TPSA) is 23.8 Å². The molecule has 0 unspecified atom stereocenters. The number of halogens is 3. The van der Waals surface area contributed by atoms with Gasteiger partial charge in [0.05, 0.1) is 5.88 Å². The van der Waals surface area contributed by atoms with Crippen molar-refractivity contribution in [1.82, 2.24) is 0 Å². The zero-order valence-corrected chi connectivity index (χ0v) is 10.8. The minimum atomic E-state index is 0.546. The molecule has 0 aromatic heterocycles. The molecule has 56 valence electrons. The molecule has 0 atom stereocenters. The van der Waals surface area contributed by atoms with E-state index in [9.17, 15) is 0 Å². The highest BCUT2D eigenvalue weighted by Gasteiger charge is 1.98. The van der Waals surface area contributed by atoms with Crippen LogP contribution in [0, 0.1) is 10.7 Å². The van der Waals surface area contributed by atoms with Crippen LogP contribution in [0.2, 0.25) is 0 Å². The van der Waals surface area contributed by atoms with Crippen molar-refractivity contribution in [3.05, 3.63) is 7.16 Å². The molecular weight excluding hydrogens is 395 g/mol. The summed E-state index contributed by atoms with van der Waals surface area (Å²) in [7, 11) is 0. The van der Waals surface area contributed by atoms with Crippen molar-refractivity contribution in [2.75, 3.05) is 11.6 Å². The average molecular weight is 399 g/mol. The molecule has 0 aromatic rings. The second kappa shape index (κ2) is 7.00. The lowest BCUT2D eigenvalue weighted by Gasteiger charge is -1.95. The van der Waals surface area contributed by atoms with Gasteiger partial charge < -0.3 is 0 Å². The molecule has 0 rings (SSSR count). The number of hydrogen-bond donors (Lipinski definition) is 0. The van der Waals surface area contributed by atoms with E-state index in [1.807, 2.05) is 5.40 Å². The third-order valence-electron chi connectivity index (χ3n) is 0.675. The van der Waals surface area contributed by atoms with Crippen LogP contribution in [-0.2, 0) is 0 Å². The third kappa shape index (κ3) is 5.04. The molecular formula is C5H4ClI2NS. The molecule has 10 heavy (non-hydrogen) atoms. The largest absolute Gasteiger partial charge is 0.185 e. The van der Waals surface area contributed by atoms with Crippen molar-refractivity contribution >= 4 is 68.5 Å². The quantitative estimate of drug-likeness (QED) is 0.412. The van der Waals surface area contributed by atoms with Crippen LogP contribution in [0.3, 0.4) is 0 Å². The second-order valence-electron chi connectivity index (χ2n) is 1.32. The maximum absolute atomic E-state index is 8.22. The van der Waals surface area contributed by atoms with E-state index >= 15 is 0 Å². The molecule has 0 aliphatic rings. The van der Waals surface area contributed by atoms with Crippen LogP contribution >= 0.6 is 68.5 Å². The normalized spacial score (nSPS) is 12.2. The Hall–Kier alpha value is 1.33. The second-order valence-corrected chi connectivity index (χ2v) is 4.95. The first-order valence-electron chi connectivity index (χ1n) is 2.32. The van der Waals surface area contributed by atoms with E-state index in [0.29, 0.717) is 5.88 Å². The highest BCUT2D eigenvalue weighted by atomic mass is 127. The van der Waals surface area contributed by atoms with Gasteiger partial charge in [-0.3, -0.25) is 0 Å². The van der Waals surface area contributed by atoms with E-state index in [4.69, 9.17) is 16.9 Å². The summed E-state index contributed by atoms with van der Waals surface area (Å²) in [5, 5.41) is 10.2. The molecule has 0 saturated heterocycles. The minimum Gasteiger partial charge on any atom is -0.185 e. The van der Waals surface area contributed by atoms with Gasteiger partial charge in [0, 0.05) is 12.9 Å². The van der Waals surface area contributed by atoms with E-state index in [2.05, 4.69) is 45.2 Å². The van der Waals surface area contributed by atoms with Gasteiger partial charge in [0.25, 0.3) is 0 Å². The molecule has 0 heterocycles. The smallest absolute Gasteiger partial charge is 0.133 e. The SMILES string of the molecule is N#CSCC(I)=C(I)CCl. The van der Waals surface area contributed by atoms with Crippen molar-refractivity contribution < 1.29 is 0 Å². The van der Waals surface area contributed by atoms with Crippen LogP contribution in [0.4, 0.5) is 0 Å². The van der Waals surface area contributed by atoms with Crippen LogP contribution in [0.15, 0.2) is 7.16 Å². The molecule has 0 amide bonds. The van der Waals surface area contributed by atoms with Crippen molar-refractivity contribution in [3.8, 4) is 5.40 Å². The summed E-state index contributed by atoms with van der Waals surface area (Å²) in [6.07, 6.45) is 0. The molecule has 0 saturated carbocycles. The van der Waals surface area contributed by atoms with E-state index in [-0.39, 0.29) is 0 Å². The van der Waals surface area contributed by atoms with E-state index in [0.717, 1.165) is 9.33 Å². The Morgan fingerprint density at radius 3 is 2.50 bits per heavy atom. The van der Waals surface area contributed by atoms with Crippen LogP contribution in [0.1, 0.15) is 0 Å². The van der Waals surface area contributed by atoms with Crippen molar-refractivity contribution in [2.24, 2.45) is 0 Å². The Labute approximate surface area is 96.9 Å². The number of hydrogen-bond acceptors (Lipinski definition) is 2. The predicted octanol–water partition coefficient (Wildman–Crippen LogP) is 3.52. The van der Waals surface area contributed by atoms with Gasteiger partial charge >= 0.3 is 0 Å². The lowest BCUT2D eigenvalue weighted by molar-refractivity contribution is 1.56. The van der Waals surface area contributed by atoms with Crippen LogP contribution in [0.25, 0.3) is 0 Å². The molecule has 0 spiro atoms. The Kier molecular flexibility index (Phi) is 7.94. The molecule has 1 nitrogen and oxygen atoms in total. The molecule has 0 aliphatic heterocycles. The van der Waals surface area contributed by atoms with Gasteiger partial charge in [-0.05, 0) is 56.9 Å². The van der Waals surface area contributed by atoms with Gasteiger partial charge in [0.15, 0.2) is 0 Å². The average Bonchev–Trinajstić information content (AvgIpc) is 1.98. The van der Waals surface area contributed by atoms with Gasteiger partial charge in [-0.2, -0.15) is 5.26 Å². The highest BCUT2D eigenvalue weighted by Crippen LogP contribution is 2.23. The van der Waals surface area contributed by atoms with E-state index < -0.39 is 0 Å². The first kappa shape index (κ1) is 11.3. The molecule has 0 N–H and O–H groups in total.